The first kappa shape index (κ1) is 18.3. The molecule has 6 nitrogen and oxygen atoms in total. The summed E-state index contributed by atoms with van der Waals surface area (Å²) < 4.78 is 51.9. The number of hydrogen-bond acceptors (Lipinski definition) is 4. The summed E-state index contributed by atoms with van der Waals surface area (Å²) >= 11 is 0. The minimum Gasteiger partial charge on any atom is -0.346 e. The zero-order valence-electron chi connectivity index (χ0n) is 12.1. The van der Waals surface area contributed by atoms with Gasteiger partial charge in [-0.15, -0.1) is 0 Å². The van der Waals surface area contributed by atoms with Gasteiger partial charge in [-0.05, 0) is 18.6 Å². The number of nitrogens with two attached hydrogens (primary N) is 1. The van der Waals surface area contributed by atoms with Crippen molar-refractivity contribution in [2.45, 2.75) is 19.3 Å². The van der Waals surface area contributed by atoms with Crippen LogP contribution in [0.5, 0.6) is 0 Å². The van der Waals surface area contributed by atoms with Gasteiger partial charge in [0, 0.05) is 0 Å². The molecular formula is C13H19F2N3O3S. The average molecular weight is 335 g/mol. The Bertz CT molecular complexity index is 621. The number of carbonyl (C=O) groups excluding carboxylic acids is 1. The zero-order valence-corrected chi connectivity index (χ0v) is 12.9. The summed E-state index contributed by atoms with van der Waals surface area (Å²) in [6.45, 7) is -0.108. The summed E-state index contributed by atoms with van der Waals surface area (Å²) in [5.74, 6) is -4.12. The van der Waals surface area contributed by atoms with Gasteiger partial charge in [-0.3, -0.25) is 9.52 Å². The molecule has 0 radical (unpaired) electrons. The molecule has 0 heterocycles. The molecule has 0 atom stereocenters. The van der Waals surface area contributed by atoms with E-state index in [0.29, 0.717) is 6.42 Å². The Kier molecular flexibility index (Phi) is 6.24. The topological polar surface area (TPSA) is 101 Å². The molecule has 0 aliphatic heterocycles. The monoisotopic (exact) mass is 335 g/mol. The highest BCUT2D eigenvalue weighted by Gasteiger charge is 2.28. The normalized spacial score (nSPS) is 12.0. The van der Waals surface area contributed by atoms with E-state index >= 15 is 0 Å². The van der Waals surface area contributed by atoms with Crippen LogP contribution in [0, 0.1) is 0 Å². The third-order valence-corrected chi connectivity index (χ3v) is 4.19. The first-order chi connectivity index (χ1) is 10.2. The molecule has 22 heavy (non-hydrogen) atoms. The second kappa shape index (κ2) is 7.50. The SMILES string of the molecule is CCCS(=O)(=O)Nc1ccccc1C(=O)NCC(F)(F)CN. The van der Waals surface area contributed by atoms with Crippen LogP contribution in [-0.4, -0.2) is 39.1 Å². The summed E-state index contributed by atoms with van der Waals surface area (Å²) in [6.07, 6.45) is 0.409. The first-order valence-corrected chi connectivity index (χ1v) is 8.31. The van der Waals surface area contributed by atoms with Crippen LogP contribution in [0.25, 0.3) is 0 Å². The van der Waals surface area contributed by atoms with Gasteiger partial charge in [-0.1, -0.05) is 19.1 Å². The van der Waals surface area contributed by atoms with Crippen LogP contribution in [0.1, 0.15) is 23.7 Å². The Morgan fingerprint density at radius 2 is 1.95 bits per heavy atom. The number of alkyl halides is 2. The van der Waals surface area contributed by atoms with Crippen molar-refractivity contribution >= 4 is 21.6 Å². The van der Waals surface area contributed by atoms with E-state index in [1.165, 1.54) is 24.3 Å². The molecule has 0 saturated carbocycles. The lowest BCUT2D eigenvalue weighted by Crippen LogP contribution is -2.41. The quantitative estimate of drug-likeness (QED) is 0.663. The highest BCUT2D eigenvalue weighted by molar-refractivity contribution is 7.92. The number of hydrogen-bond donors (Lipinski definition) is 3. The number of benzene rings is 1. The third kappa shape index (κ3) is 5.57. The van der Waals surface area contributed by atoms with Crippen molar-refractivity contribution in [2.75, 3.05) is 23.6 Å². The number of anilines is 1. The third-order valence-electron chi connectivity index (χ3n) is 2.72. The van der Waals surface area contributed by atoms with Crippen LogP contribution in [0.4, 0.5) is 14.5 Å². The van der Waals surface area contributed by atoms with Gasteiger partial charge in [0.2, 0.25) is 10.0 Å². The van der Waals surface area contributed by atoms with E-state index in [2.05, 4.69) is 4.72 Å². The van der Waals surface area contributed by atoms with Crippen LogP contribution in [-0.2, 0) is 10.0 Å². The Labute approximate surface area is 128 Å². The fourth-order valence-electron chi connectivity index (χ4n) is 1.63. The molecule has 1 aromatic rings. The molecule has 0 unspecified atom stereocenters. The fraction of sp³-hybridized carbons (Fsp3) is 0.462. The van der Waals surface area contributed by atoms with E-state index in [1.807, 2.05) is 5.32 Å². The molecule has 0 bridgehead atoms. The Hall–Kier alpha value is -1.74. The van der Waals surface area contributed by atoms with E-state index < -0.39 is 34.9 Å². The highest BCUT2D eigenvalue weighted by atomic mass is 32.2. The standard InChI is InChI=1S/C13H19F2N3O3S/c1-2-7-22(20,21)18-11-6-4-3-5-10(11)12(19)17-9-13(14,15)8-16/h3-6,18H,2,7-9,16H2,1H3,(H,17,19). The average Bonchev–Trinajstić information content (AvgIpc) is 2.45. The number of rotatable bonds is 8. The van der Waals surface area contributed by atoms with E-state index in [4.69, 9.17) is 5.73 Å². The van der Waals surface area contributed by atoms with Gasteiger partial charge in [-0.25, -0.2) is 17.2 Å². The fourth-order valence-corrected chi connectivity index (χ4v) is 2.79. The van der Waals surface area contributed by atoms with Crippen molar-refractivity contribution in [3.63, 3.8) is 0 Å². The second-order valence-corrected chi connectivity index (χ2v) is 6.55. The minimum atomic E-state index is -3.59. The summed E-state index contributed by atoms with van der Waals surface area (Å²) in [5.41, 5.74) is 4.90. The lowest BCUT2D eigenvalue weighted by molar-refractivity contribution is 0.0119. The molecule has 1 aromatic carbocycles. The van der Waals surface area contributed by atoms with E-state index in [9.17, 15) is 22.0 Å². The molecule has 1 rings (SSSR count). The van der Waals surface area contributed by atoms with E-state index in [0.717, 1.165) is 0 Å². The molecule has 0 aliphatic rings. The molecule has 0 aliphatic carbocycles. The number of nitrogens with one attached hydrogen (secondary N) is 2. The maximum atomic E-state index is 13.0. The summed E-state index contributed by atoms with van der Waals surface area (Å²) in [7, 11) is -3.59. The molecule has 0 fully saturated rings. The van der Waals surface area contributed by atoms with E-state index in [1.54, 1.807) is 6.92 Å². The maximum absolute atomic E-state index is 13.0. The van der Waals surface area contributed by atoms with Crippen LogP contribution >= 0.6 is 0 Å². The predicted octanol–water partition coefficient (Wildman–Crippen LogP) is 1.16. The van der Waals surface area contributed by atoms with Gasteiger partial charge in [0.05, 0.1) is 30.1 Å². The first-order valence-electron chi connectivity index (χ1n) is 6.66. The lowest BCUT2D eigenvalue weighted by atomic mass is 10.1. The molecule has 0 saturated heterocycles. The number of halogens is 2. The number of carbonyl (C=O) groups is 1. The van der Waals surface area contributed by atoms with Crippen molar-refractivity contribution in [3.05, 3.63) is 29.8 Å². The molecule has 1 amide bonds. The van der Waals surface area contributed by atoms with Crippen molar-refractivity contribution in [2.24, 2.45) is 5.73 Å². The van der Waals surface area contributed by atoms with Gasteiger partial charge >= 0.3 is 0 Å². The van der Waals surface area contributed by atoms with Crippen molar-refractivity contribution in [3.8, 4) is 0 Å². The van der Waals surface area contributed by atoms with E-state index in [-0.39, 0.29) is 17.0 Å². The van der Waals surface area contributed by atoms with Crippen LogP contribution in [0.2, 0.25) is 0 Å². The minimum absolute atomic E-state index is 0.0324. The van der Waals surface area contributed by atoms with Crippen molar-refractivity contribution in [1.29, 1.82) is 0 Å². The molecule has 9 heteroatoms. The van der Waals surface area contributed by atoms with Crippen molar-refractivity contribution in [1.82, 2.24) is 5.32 Å². The Morgan fingerprint density at radius 1 is 1.32 bits per heavy atom. The van der Waals surface area contributed by atoms with Gasteiger partial charge in [-0.2, -0.15) is 0 Å². The Balaban J connectivity index is 2.90. The number of para-hydroxylation sites is 1. The molecule has 0 aromatic heterocycles. The second-order valence-electron chi connectivity index (χ2n) is 4.71. The highest BCUT2D eigenvalue weighted by Crippen LogP contribution is 2.17. The van der Waals surface area contributed by atoms with Crippen molar-refractivity contribution < 1.29 is 22.0 Å². The molecular weight excluding hydrogens is 316 g/mol. The van der Waals surface area contributed by atoms with Crippen LogP contribution in [0.15, 0.2) is 24.3 Å². The van der Waals surface area contributed by atoms with Gasteiger partial charge in [0.25, 0.3) is 11.8 Å². The van der Waals surface area contributed by atoms with Gasteiger partial charge < -0.3 is 11.1 Å². The zero-order chi connectivity index (χ0) is 16.8. The van der Waals surface area contributed by atoms with Crippen LogP contribution < -0.4 is 15.8 Å². The smallest absolute Gasteiger partial charge is 0.277 e. The predicted molar refractivity (Wildman–Crippen MR) is 80.5 cm³/mol. The molecule has 124 valence electrons. The molecule has 4 N–H and O–H groups in total. The molecule has 0 spiro atoms. The number of amides is 1. The number of sulfonamides is 1. The van der Waals surface area contributed by atoms with Gasteiger partial charge in [0.15, 0.2) is 0 Å². The lowest BCUT2D eigenvalue weighted by Gasteiger charge is -2.16. The summed E-state index contributed by atoms with van der Waals surface area (Å²) in [4.78, 5) is 12.0. The maximum Gasteiger partial charge on any atom is 0.277 e. The summed E-state index contributed by atoms with van der Waals surface area (Å²) in [6, 6.07) is 5.78. The summed E-state index contributed by atoms with van der Waals surface area (Å²) in [5, 5.41) is 2.04. The largest absolute Gasteiger partial charge is 0.346 e. The Morgan fingerprint density at radius 3 is 2.55 bits per heavy atom. The van der Waals surface area contributed by atoms with Crippen LogP contribution in [0.3, 0.4) is 0 Å². The van der Waals surface area contributed by atoms with Gasteiger partial charge in [0.1, 0.15) is 0 Å².